The molecule has 1 aliphatic rings. The smallest absolute Gasteiger partial charge is 0.335 e. The fraction of sp³-hybridized carbons (Fsp3) is 0.462. The van der Waals surface area contributed by atoms with Crippen molar-refractivity contribution in [3.05, 3.63) is 29.3 Å². The van der Waals surface area contributed by atoms with Gasteiger partial charge in [-0.3, -0.25) is 0 Å². The predicted molar refractivity (Wildman–Crippen MR) is 72.1 cm³/mol. The maximum Gasteiger partial charge on any atom is 0.335 e. The van der Waals surface area contributed by atoms with Gasteiger partial charge in [0.05, 0.1) is 10.5 Å². The largest absolute Gasteiger partial charge is 0.478 e. The second kappa shape index (κ2) is 5.51. The van der Waals surface area contributed by atoms with E-state index in [1.165, 1.54) is 22.5 Å². The number of aliphatic hydroxyl groups excluding tert-OH is 1. The van der Waals surface area contributed by atoms with Gasteiger partial charge in [-0.05, 0) is 37.0 Å². The highest BCUT2D eigenvalue weighted by Crippen LogP contribution is 2.25. The molecule has 2 rings (SSSR count). The minimum Gasteiger partial charge on any atom is -0.478 e. The molecule has 0 amide bonds. The zero-order chi connectivity index (χ0) is 14.9. The number of aryl methyl sites for hydroxylation is 1. The van der Waals surface area contributed by atoms with Crippen LogP contribution >= 0.6 is 0 Å². The van der Waals surface area contributed by atoms with Crippen molar-refractivity contribution in [1.82, 2.24) is 4.31 Å². The highest BCUT2D eigenvalue weighted by atomic mass is 32.2. The number of benzene rings is 1. The predicted octanol–water partition coefficient (Wildman–Crippen LogP) is 0.696. The van der Waals surface area contributed by atoms with Crippen LogP contribution in [0.25, 0.3) is 0 Å². The summed E-state index contributed by atoms with van der Waals surface area (Å²) in [5, 5.41) is 18.1. The van der Waals surface area contributed by atoms with Gasteiger partial charge in [-0.15, -0.1) is 0 Å². The van der Waals surface area contributed by atoms with Crippen molar-refractivity contribution in [2.45, 2.75) is 18.2 Å². The third kappa shape index (κ3) is 2.70. The second-order valence-corrected chi connectivity index (χ2v) is 6.92. The summed E-state index contributed by atoms with van der Waals surface area (Å²) in [5.41, 5.74) is 0.509. The van der Waals surface area contributed by atoms with Crippen LogP contribution in [0, 0.1) is 12.8 Å². The first-order valence-corrected chi connectivity index (χ1v) is 7.75. The summed E-state index contributed by atoms with van der Waals surface area (Å²) in [6.07, 6.45) is 0.618. The van der Waals surface area contributed by atoms with E-state index in [-0.39, 0.29) is 29.5 Å². The van der Waals surface area contributed by atoms with Crippen molar-refractivity contribution in [2.24, 2.45) is 5.92 Å². The van der Waals surface area contributed by atoms with Gasteiger partial charge in [0.1, 0.15) is 0 Å². The summed E-state index contributed by atoms with van der Waals surface area (Å²) >= 11 is 0. The van der Waals surface area contributed by atoms with Crippen molar-refractivity contribution in [1.29, 1.82) is 0 Å². The minimum atomic E-state index is -3.70. The first-order chi connectivity index (χ1) is 9.36. The number of aliphatic hydroxyl groups is 1. The van der Waals surface area contributed by atoms with Crippen molar-refractivity contribution in [2.75, 3.05) is 19.7 Å². The van der Waals surface area contributed by atoms with E-state index in [1.54, 1.807) is 6.92 Å². The van der Waals surface area contributed by atoms with Gasteiger partial charge in [-0.25, -0.2) is 13.2 Å². The van der Waals surface area contributed by atoms with Crippen LogP contribution in [0.5, 0.6) is 0 Å². The van der Waals surface area contributed by atoms with E-state index < -0.39 is 16.0 Å². The van der Waals surface area contributed by atoms with Crippen LogP contribution in [0.4, 0.5) is 0 Å². The molecule has 20 heavy (non-hydrogen) atoms. The van der Waals surface area contributed by atoms with Gasteiger partial charge in [0.25, 0.3) is 0 Å². The van der Waals surface area contributed by atoms with Crippen LogP contribution in [0.3, 0.4) is 0 Å². The van der Waals surface area contributed by atoms with Crippen LogP contribution in [0.1, 0.15) is 22.3 Å². The lowest BCUT2D eigenvalue weighted by Gasteiger charge is -2.17. The molecular formula is C13H17NO5S. The maximum absolute atomic E-state index is 12.4. The number of carbonyl (C=O) groups is 1. The third-order valence-electron chi connectivity index (χ3n) is 3.58. The Morgan fingerprint density at radius 2 is 2.15 bits per heavy atom. The van der Waals surface area contributed by atoms with Crippen LogP contribution in [0.2, 0.25) is 0 Å². The van der Waals surface area contributed by atoms with E-state index in [2.05, 4.69) is 0 Å². The lowest BCUT2D eigenvalue weighted by molar-refractivity contribution is 0.0696. The van der Waals surface area contributed by atoms with E-state index >= 15 is 0 Å². The lowest BCUT2D eigenvalue weighted by atomic mass is 10.1. The Bertz CT molecular complexity index is 626. The molecule has 1 heterocycles. The number of hydrogen-bond acceptors (Lipinski definition) is 4. The van der Waals surface area contributed by atoms with Crippen LogP contribution in [-0.2, 0) is 10.0 Å². The van der Waals surface area contributed by atoms with E-state index in [9.17, 15) is 13.2 Å². The Morgan fingerprint density at radius 1 is 1.45 bits per heavy atom. The lowest BCUT2D eigenvalue weighted by Crippen LogP contribution is -2.29. The molecular weight excluding hydrogens is 282 g/mol. The number of carboxylic acid groups (broad SMARTS) is 1. The van der Waals surface area contributed by atoms with Gasteiger partial charge >= 0.3 is 5.97 Å². The monoisotopic (exact) mass is 299 g/mol. The highest BCUT2D eigenvalue weighted by Gasteiger charge is 2.32. The van der Waals surface area contributed by atoms with Gasteiger partial charge < -0.3 is 10.2 Å². The van der Waals surface area contributed by atoms with Crippen LogP contribution in [0.15, 0.2) is 23.1 Å². The van der Waals surface area contributed by atoms with Gasteiger partial charge in [0, 0.05) is 19.7 Å². The van der Waals surface area contributed by atoms with E-state index in [4.69, 9.17) is 10.2 Å². The van der Waals surface area contributed by atoms with Crippen LogP contribution in [-0.4, -0.2) is 48.6 Å². The molecule has 1 aliphatic heterocycles. The average molecular weight is 299 g/mol. The maximum atomic E-state index is 12.4. The summed E-state index contributed by atoms with van der Waals surface area (Å²) < 4.78 is 26.2. The molecule has 6 nitrogen and oxygen atoms in total. The molecule has 0 saturated carbocycles. The topological polar surface area (TPSA) is 94.9 Å². The number of carboxylic acids is 1. The summed E-state index contributed by atoms with van der Waals surface area (Å²) in [5.74, 6) is -1.19. The molecule has 1 unspecified atom stereocenters. The molecule has 7 heteroatoms. The first-order valence-electron chi connectivity index (χ1n) is 6.31. The summed E-state index contributed by atoms with van der Waals surface area (Å²) in [6, 6.07) is 4.11. The van der Waals surface area contributed by atoms with Gasteiger partial charge in [-0.1, -0.05) is 6.07 Å². The molecule has 0 radical (unpaired) electrons. The highest BCUT2D eigenvalue weighted by molar-refractivity contribution is 7.89. The summed E-state index contributed by atoms with van der Waals surface area (Å²) in [6.45, 7) is 2.21. The number of aromatic carboxylic acids is 1. The molecule has 0 spiro atoms. The first kappa shape index (κ1) is 15.0. The Kier molecular flexibility index (Phi) is 4.12. The molecule has 1 saturated heterocycles. The number of rotatable bonds is 4. The second-order valence-electron chi connectivity index (χ2n) is 4.98. The van der Waals surface area contributed by atoms with Crippen molar-refractivity contribution >= 4 is 16.0 Å². The summed E-state index contributed by atoms with van der Waals surface area (Å²) in [7, 11) is -3.70. The van der Waals surface area contributed by atoms with Crippen molar-refractivity contribution < 1.29 is 23.4 Å². The van der Waals surface area contributed by atoms with E-state index in [1.807, 2.05) is 0 Å². The van der Waals surface area contributed by atoms with Gasteiger partial charge in [0.15, 0.2) is 0 Å². The minimum absolute atomic E-state index is 0.0102. The molecule has 110 valence electrons. The molecule has 1 atom stereocenters. The van der Waals surface area contributed by atoms with Gasteiger partial charge in [-0.2, -0.15) is 4.31 Å². The fourth-order valence-corrected chi connectivity index (χ4v) is 3.86. The third-order valence-corrected chi connectivity index (χ3v) is 5.45. The fourth-order valence-electron chi connectivity index (χ4n) is 2.31. The molecule has 0 bridgehead atoms. The average Bonchev–Trinajstić information content (AvgIpc) is 2.88. The molecule has 0 aromatic heterocycles. The van der Waals surface area contributed by atoms with Crippen LogP contribution < -0.4 is 0 Å². The Hall–Kier alpha value is -1.44. The van der Waals surface area contributed by atoms with Crippen molar-refractivity contribution in [3.8, 4) is 0 Å². The molecule has 0 aliphatic carbocycles. The Labute approximate surface area is 117 Å². The molecule has 1 fully saturated rings. The molecule has 1 aromatic rings. The molecule has 1 aromatic carbocycles. The quantitative estimate of drug-likeness (QED) is 0.853. The number of nitrogens with zero attached hydrogens (tertiary/aromatic N) is 1. The zero-order valence-corrected chi connectivity index (χ0v) is 11.9. The standard InChI is InChI=1S/C13H17NO5S/c1-9-2-3-11(6-12(9)13(16)17)20(18,19)14-5-4-10(7-14)8-15/h2-3,6,10,15H,4-5,7-8H2,1H3,(H,16,17). The van der Waals surface area contributed by atoms with E-state index in [0.29, 0.717) is 18.5 Å². The number of sulfonamides is 1. The Morgan fingerprint density at radius 3 is 2.70 bits per heavy atom. The molecule has 2 N–H and O–H groups in total. The normalized spacial score (nSPS) is 20.2. The van der Waals surface area contributed by atoms with Gasteiger partial charge in [0.2, 0.25) is 10.0 Å². The van der Waals surface area contributed by atoms with E-state index in [0.717, 1.165) is 0 Å². The Balaban J connectivity index is 2.35. The SMILES string of the molecule is Cc1ccc(S(=O)(=O)N2CCC(CO)C2)cc1C(=O)O. The summed E-state index contributed by atoms with van der Waals surface area (Å²) in [4.78, 5) is 11.1. The zero-order valence-electron chi connectivity index (χ0n) is 11.1. The number of hydrogen-bond donors (Lipinski definition) is 2. The van der Waals surface area contributed by atoms with Crippen molar-refractivity contribution in [3.63, 3.8) is 0 Å².